The predicted octanol–water partition coefficient (Wildman–Crippen LogP) is 5.57. The third-order valence-corrected chi connectivity index (χ3v) is 5.12. The van der Waals surface area contributed by atoms with E-state index in [1.165, 1.54) is 12.1 Å². The largest absolute Gasteiger partial charge is 0.478 e. The molecule has 6 heteroatoms. The van der Waals surface area contributed by atoms with Crippen LogP contribution in [-0.2, 0) is 0 Å². The van der Waals surface area contributed by atoms with Crippen molar-refractivity contribution in [2.75, 3.05) is 0 Å². The molecule has 3 heterocycles. The second-order valence-corrected chi connectivity index (χ2v) is 7.12. The van der Waals surface area contributed by atoms with E-state index in [2.05, 4.69) is 9.97 Å². The van der Waals surface area contributed by atoms with Crippen LogP contribution in [0.3, 0.4) is 0 Å². The molecule has 5 nitrogen and oxygen atoms in total. The number of benzene rings is 2. The highest BCUT2D eigenvalue weighted by Gasteiger charge is 2.12. The van der Waals surface area contributed by atoms with E-state index in [4.69, 9.17) is 0 Å². The summed E-state index contributed by atoms with van der Waals surface area (Å²) in [6.45, 7) is 0. The summed E-state index contributed by atoms with van der Waals surface area (Å²) in [5, 5.41) is 9.20. The molecule has 0 bridgehead atoms. The van der Waals surface area contributed by atoms with Gasteiger partial charge in [-0.2, -0.15) is 0 Å². The molecule has 31 heavy (non-hydrogen) atoms. The molecule has 1 N–H and O–H groups in total. The lowest BCUT2D eigenvalue weighted by Crippen LogP contribution is -1.98. The summed E-state index contributed by atoms with van der Waals surface area (Å²) >= 11 is 0. The SMILES string of the molecule is O=C(O)c1cc(F)cc(-c2ccn3c(-c4ccnc(-c5ccccc5)c4)cnc3c2)c1. The Hall–Kier alpha value is -4.32. The van der Waals surface area contributed by atoms with Crippen molar-refractivity contribution in [3.8, 4) is 33.6 Å². The van der Waals surface area contributed by atoms with Gasteiger partial charge in [-0.1, -0.05) is 30.3 Å². The fraction of sp³-hybridized carbons (Fsp3) is 0. The van der Waals surface area contributed by atoms with Crippen molar-refractivity contribution in [2.45, 2.75) is 0 Å². The Morgan fingerprint density at radius 1 is 0.839 bits per heavy atom. The Morgan fingerprint density at radius 2 is 1.68 bits per heavy atom. The number of aromatic nitrogens is 3. The van der Waals surface area contributed by atoms with E-state index < -0.39 is 11.8 Å². The number of aromatic carboxylic acids is 1. The summed E-state index contributed by atoms with van der Waals surface area (Å²) in [6.07, 6.45) is 5.39. The minimum atomic E-state index is -1.17. The number of carboxylic acids is 1. The lowest BCUT2D eigenvalue weighted by molar-refractivity contribution is 0.0696. The highest BCUT2D eigenvalue weighted by Crippen LogP contribution is 2.28. The monoisotopic (exact) mass is 409 g/mol. The van der Waals surface area contributed by atoms with E-state index >= 15 is 0 Å². The highest BCUT2D eigenvalue weighted by molar-refractivity contribution is 5.89. The number of hydrogen-bond acceptors (Lipinski definition) is 3. The summed E-state index contributed by atoms with van der Waals surface area (Å²) < 4.78 is 15.8. The van der Waals surface area contributed by atoms with Crippen LogP contribution < -0.4 is 0 Å². The molecular formula is C25H16FN3O2. The average Bonchev–Trinajstić information content (AvgIpc) is 3.22. The first-order valence-electron chi connectivity index (χ1n) is 9.62. The van der Waals surface area contributed by atoms with Gasteiger partial charge in [0.2, 0.25) is 0 Å². The number of imidazole rings is 1. The molecule has 2 aromatic carbocycles. The first kappa shape index (κ1) is 18.7. The number of nitrogens with zero attached hydrogens (tertiary/aromatic N) is 3. The van der Waals surface area contributed by atoms with E-state index in [1.807, 2.05) is 65.2 Å². The van der Waals surface area contributed by atoms with Crippen LogP contribution in [0.1, 0.15) is 10.4 Å². The van der Waals surface area contributed by atoms with Gasteiger partial charge in [0.05, 0.1) is 23.1 Å². The van der Waals surface area contributed by atoms with E-state index in [-0.39, 0.29) is 5.56 Å². The third kappa shape index (κ3) is 3.55. The number of carbonyl (C=O) groups is 1. The van der Waals surface area contributed by atoms with Gasteiger partial charge in [0, 0.05) is 23.5 Å². The molecule has 150 valence electrons. The molecule has 5 rings (SSSR count). The van der Waals surface area contributed by atoms with E-state index in [9.17, 15) is 14.3 Å². The van der Waals surface area contributed by atoms with Crippen LogP contribution in [0.4, 0.5) is 4.39 Å². The van der Waals surface area contributed by atoms with Gasteiger partial charge in [-0.25, -0.2) is 14.2 Å². The fourth-order valence-electron chi connectivity index (χ4n) is 3.61. The summed E-state index contributed by atoms with van der Waals surface area (Å²) in [5.74, 6) is -1.76. The standard InChI is InChI=1S/C25H16FN3O2/c26-21-11-19(10-20(12-21)25(30)31)17-7-9-29-23(15-28-24(29)14-17)18-6-8-27-22(13-18)16-4-2-1-3-5-16/h1-15H,(H,30,31). The van der Waals surface area contributed by atoms with Crippen molar-refractivity contribution in [1.82, 2.24) is 14.4 Å². The van der Waals surface area contributed by atoms with E-state index in [0.717, 1.165) is 28.6 Å². The quantitative estimate of drug-likeness (QED) is 0.422. The molecule has 0 unspecified atom stereocenters. The van der Waals surface area contributed by atoms with Crippen molar-refractivity contribution in [1.29, 1.82) is 0 Å². The Kier molecular flexibility index (Phi) is 4.52. The first-order chi connectivity index (χ1) is 15.1. The smallest absolute Gasteiger partial charge is 0.335 e. The molecule has 3 aromatic heterocycles. The molecule has 0 aliphatic heterocycles. The number of carboxylic acid groups (broad SMARTS) is 1. The predicted molar refractivity (Wildman–Crippen MR) is 116 cm³/mol. The summed E-state index contributed by atoms with van der Waals surface area (Å²) in [4.78, 5) is 20.2. The molecule has 0 amide bonds. The van der Waals surface area contributed by atoms with Gasteiger partial charge in [-0.05, 0) is 53.6 Å². The molecule has 0 spiro atoms. The Labute approximate surface area is 177 Å². The second-order valence-electron chi connectivity index (χ2n) is 7.12. The van der Waals surface area contributed by atoms with Crippen LogP contribution in [-0.4, -0.2) is 25.4 Å². The third-order valence-electron chi connectivity index (χ3n) is 5.12. The van der Waals surface area contributed by atoms with Crippen LogP contribution in [0.2, 0.25) is 0 Å². The van der Waals surface area contributed by atoms with Crippen LogP contribution in [0.15, 0.2) is 91.4 Å². The second kappa shape index (κ2) is 7.50. The Morgan fingerprint density at radius 3 is 2.48 bits per heavy atom. The highest BCUT2D eigenvalue weighted by atomic mass is 19.1. The molecule has 0 atom stereocenters. The van der Waals surface area contributed by atoms with E-state index in [0.29, 0.717) is 16.8 Å². The normalized spacial score (nSPS) is 11.0. The molecule has 0 saturated heterocycles. The minimum absolute atomic E-state index is 0.0934. The van der Waals surface area contributed by atoms with Gasteiger partial charge in [0.15, 0.2) is 0 Å². The molecule has 0 saturated carbocycles. The lowest BCUT2D eigenvalue weighted by atomic mass is 10.0. The van der Waals surface area contributed by atoms with Gasteiger partial charge in [-0.15, -0.1) is 0 Å². The van der Waals surface area contributed by atoms with Gasteiger partial charge in [0.1, 0.15) is 11.5 Å². The topological polar surface area (TPSA) is 67.5 Å². The molecule has 0 fully saturated rings. The van der Waals surface area contributed by atoms with Crippen molar-refractivity contribution >= 4 is 11.6 Å². The number of hydrogen-bond donors (Lipinski definition) is 1. The Bertz CT molecular complexity index is 1430. The van der Waals surface area contributed by atoms with Crippen molar-refractivity contribution in [3.63, 3.8) is 0 Å². The maximum atomic E-state index is 13.9. The van der Waals surface area contributed by atoms with Crippen LogP contribution >= 0.6 is 0 Å². The number of fused-ring (bicyclic) bond motifs is 1. The average molecular weight is 409 g/mol. The van der Waals surface area contributed by atoms with Crippen molar-refractivity contribution in [3.05, 3.63) is 103 Å². The van der Waals surface area contributed by atoms with Crippen LogP contribution in [0, 0.1) is 5.82 Å². The zero-order valence-corrected chi connectivity index (χ0v) is 16.2. The maximum absolute atomic E-state index is 13.9. The Balaban J connectivity index is 1.56. The fourth-order valence-corrected chi connectivity index (χ4v) is 3.61. The number of rotatable bonds is 4. The minimum Gasteiger partial charge on any atom is -0.478 e. The zero-order chi connectivity index (χ0) is 21.4. The van der Waals surface area contributed by atoms with Crippen molar-refractivity contribution < 1.29 is 14.3 Å². The van der Waals surface area contributed by atoms with Gasteiger partial charge in [-0.3, -0.25) is 9.38 Å². The number of pyridine rings is 2. The van der Waals surface area contributed by atoms with Crippen LogP contribution in [0.25, 0.3) is 39.3 Å². The zero-order valence-electron chi connectivity index (χ0n) is 16.2. The van der Waals surface area contributed by atoms with Crippen LogP contribution in [0.5, 0.6) is 0 Å². The molecule has 0 aliphatic rings. The van der Waals surface area contributed by atoms with Gasteiger partial charge >= 0.3 is 5.97 Å². The first-order valence-corrected chi connectivity index (χ1v) is 9.62. The van der Waals surface area contributed by atoms with Crippen molar-refractivity contribution in [2.24, 2.45) is 0 Å². The van der Waals surface area contributed by atoms with Gasteiger partial charge in [0.25, 0.3) is 0 Å². The maximum Gasteiger partial charge on any atom is 0.335 e. The summed E-state index contributed by atoms with van der Waals surface area (Å²) in [7, 11) is 0. The molecule has 5 aromatic rings. The summed E-state index contributed by atoms with van der Waals surface area (Å²) in [5.41, 5.74) is 5.51. The lowest BCUT2D eigenvalue weighted by Gasteiger charge is -2.07. The number of halogens is 1. The van der Waals surface area contributed by atoms with E-state index in [1.54, 1.807) is 12.4 Å². The van der Waals surface area contributed by atoms with Gasteiger partial charge < -0.3 is 5.11 Å². The molecular weight excluding hydrogens is 393 g/mol. The molecule has 0 aliphatic carbocycles. The molecule has 0 radical (unpaired) electrons. The summed E-state index contributed by atoms with van der Waals surface area (Å²) in [6, 6.07) is 21.3.